The topological polar surface area (TPSA) is 56.0 Å². The van der Waals surface area contributed by atoms with E-state index < -0.39 is 0 Å². The number of nitrogens with zero attached hydrogens (tertiary/aromatic N) is 1. The SMILES string of the molecule is CC1CCc2nc3sc(C(=O)C45CC6CC(CC(C6)C4)C5)c(N)c3cc2C1. The number of nitrogens with two attached hydrogens (primary N) is 1. The first-order chi connectivity index (χ1) is 13.0. The molecular weight excluding hydrogens is 352 g/mol. The van der Waals surface area contributed by atoms with E-state index in [2.05, 4.69) is 13.0 Å². The first-order valence-electron chi connectivity index (χ1n) is 10.8. The minimum absolute atomic E-state index is 0.113. The summed E-state index contributed by atoms with van der Waals surface area (Å²) in [6, 6.07) is 2.25. The lowest BCUT2D eigenvalue weighted by atomic mass is 9.48. The van der Waals surface area contributed by atoms with Crippen LogP contribution in [0.5, 0.6) is 0 Å². The van der Waals surface area contributed by atoms with Gasteiger partial charge in [0.25, 0.3) is 0 Å². The molecule has 4 heteroatoms. The highest BCUT2D eigenvalue weighted by molar-refractivity contribution is 7.21. The molecule has 5 aliphatic rings. The third kappa shape index (κ3) is 2.38. The number of Topliss-reactive ketones (excluding diaryl/α,β-unsaturated/α-hetero) is 1. The van der Waals surface area contributed by atoms with E-state index in [0.717, 1.165) is 65.0 Å². The zero-order valence-electron chi connectivity index (χ0n) is 16.1. The maximum Gasteiger partial charge on any atom is 0.181 e. The molecule has 4 bridgehead atoms. The third-order valence-electron chi connectivity index (χ3n) is 8.06. The molecule has 0 aromatic carbocycles. The molecule has 0 aliphatic heterocycles. The summed E-state index contributed by atoms with van der Waals surface area (Å²) in [5, 5.41) is 1.03. The van der Waals surface area contributed by atoms with Crippen molar-refractivity contribution in [1.82, 2.24) is 4.98 Å². The summed E-state index contributed by atoms with van der Waals surface area (Å²) in [6.45, 7) is 2.31. The smallest absolute Gasteiger partial charge is 0.181 e. The minimum Gasteiger partial charge on any atom is -0.397 e. The molecule has 4 saturated carbocycles. The van der Waals surface area contributed by atoms with E-state index in [9.17, 15) is 4.79 Å². The monoisotopic (exact) mass is 380 g/mol. The van der Waals surface area contributed by atoms with Gasteiger partial charge in [0, 0.05) is 16.5 Å². The van der Waals surface area contributed by atoms with Crippen molar-refractivity contribution in [3.05, 3.63) is 22.2 Å². The van der Waals surface area contributed by atoms with Gasteiger partial charge in [-0.05, 0) is 93.1 Å². The van der Waals surface area contributed by atoms with E-state index in [-0.39, 0.29) is 5.41 Å². The number of carbonyl (C=O) groups is 1. The Morgan fingerprint density at radius 1 is 1.19 bits per heavy atom. The van der Waals surface area contributed by atoms with E-state index in [1.807, 2.05) is 0 Å². The van der Waals surface area contributed by atoms with Crippen molar-refractivity contribution in [2.24, 2.45) is 29.1 Å². The molecule has 0 saturated heterocycles. The van der Waals surface area contributed by atoms with Crippen LogP contribution in [0.15, 0.2) is 6.07 Å². The first kappa shape index (κ1) is 16.5. The molecule has 2 aromatic heterocycles. The number of anilines is 1. The van der Waals surface area contributed by atoms with Crippen molar-refractivity contribution in [2.45, 2.75) is 64.7 Å². The van der Waals surface area contributed by atoms with Crippen LogP contribution >= 0.6 is 11.3 Å². The number of carbonyl (C=O) groups excluding carboxylic acids is 1. The molecule has 3 nitrogen and oxygen atoms in total. The van der Waals surface area contributed by atoms with Crippen LogP contribution in [0.25, 0.3) is 10.2 Å². The lowest BCUT2D eigenvalue weighted by Crippen LogP contribution is -2.49. The van der Waals surface area contributed by atoms with Crippen LogP contribution in [-0.4, -0.2) is 10.8 Å². The molecule has 0 spiro atoms. The second-order valence-electron chi connectivity index (χ2n) is 10.2. The third-order valence-corrected chi connectivity index (χ3v) is 9.17. The number of aryl methyl sites for hydroxylation is 1. The Labute approximate surface area is 164 Å². The normalized spacial score (nSPS) is 36.9. The molecule has 5 aliphatic carbocycles. The molecule has 0 radical (unpaired) electrons. The fourth-order valence-electron chi connectivity index (χ4n) is 7.17. The largest absolute Gasteiger partial charge is 0.397 e. The van der Waals surface area contributed by atoms with Gasteiger partial charge in [-0.1, -0.05) is 6.92 Å². The molecule has 27 heavy (non-hydrogen) atoms. The predicted octanol–water partition coefficient (Wildman–Crippen LogP) is 5.40. The molecule has 1 atom stereocenters. The average molecular weight is 381 g/mol. The van der Waals surface area contributed by atoms with E-state index in [1.54, 1.807) is 11.3 Å². The summed E-state index contributed by atoms with van der Waals surface area (Å²) in [7, 11) is 0. The number of fused-ring (bicyclic) bond motifs is 2. The van der Waals surface area contributed by atoms with Gasteiger partial charge in [-0.3, -0.25) is 4.79 Å². The Bertz CT molecular complexity index is 924. The second kappa shape index (κ2) is 5.56. The van der Waals surface area contributed by atoms with Crippen LogP contribution in [0.1, 0.15) is 72.8 Å². The van der Waals surface area contributed by atoms with Crippen molar-refractivity contribution in [3.8, 4) is 0 Å². The zero-order valence-corrected chi connectivity index (χ0v) is 16.9. The van der Waals surface area contributed by atoms with Gasteiger partial charge >= 0.3 is 0 Å². The number of thiophene rings is 1. The fraction of sp³-hybridized carbons (Fsp3) is 0.652. The highest BCUT2D eigenvalue weighted by Crippen LogP contribution is 2.61. The van der Waals surface area contributed by atoms with E-state index in [4.69, 9.17) is 10.7 Å². The quantitative estimate of drug-likeness (QED) is 0.710. The van der Waals surface area contributed by atoms with Gasteiger partial charge < -0.3 is 5.73 Å². The van der Waals surface area contributed by atoms with Crippen molar-refractivity contribution in [1.29, 1.82) is 0 Å². The Balaban J connectivity index is 1.42. The lowest BCUT2D eigenvalue weighted by Gasteiger charge is -2.55. The van der Waals surface area contributed by atoms with Crippen LogP contribution in [0.4, 0.5) is 5.69 Å². The number of aromatic nitrogens is 1. The summed E-state index contributed by atoms with van der Waals surface area (Å²) in [4.78, 5) is 20.5. The number of hydrogen-bond acceptors (Lipinski definition) is 4. The van der Waals surface area contributed by atoms with E-state index >= 15 is 0 Å². The van der Waals surface area contributed by atoms with Crippen molar-refractivity contribution >= 4 is 33.0 Å². The molecular formula is C23H28N2OS. The van der Waals surface area contributed by atoms with Crippen LogP contribution in [0.2, 0.25) is 0 Å². The Morgan fingerprint density at radius 3 is 2.52 bits per heavy atom. The summed E-state index contributed by atoms with van der Waals surface area (Å²) in [5.74, 6) is 3.41. The van der Waals surface area contributed by atoms with Crippen LogP contribution in [0.3, 0.4) is 0 Å². The molecule has 0 amide bonds. The Kier molecular flexibility index (Phi) is 3.40. The van der Waals surface area contributed by atoms with Crippen LogP contribution in [-0.2, 0) is 12.8 Å². The summed E-state index contributed by atoms with van der Waals surface area (Å²) in [5.41, 5.74) is 9.75. The van der Waals surface area contributed by atoms with Gasteiger partial charge in [0.2, 0.25) is 0 Å². The molecule has 2 heterocycles. The summed E-state index contributed by atoms with van der Waals surface area (Å²) >= 11 is 1.57. The number of nitrogen functional groups attached to an aromatic ring is 1. The number of ketones is 1. The fourth-order valence-corrected chi connectivity index (χ4v) is 8.33. The van der Waals surface area contributed by atoms with Gasteiger partial charge in [-0.25, -0.2) is 4.98 Å². The number of hydrogen-bond donors (Lipinski definition) is 1. The highest BCUT2D eigenvalue weighted by Gasteiger charge is 2.55. The van der Waals surface area contributed by atoms with E-state index in [1.165, 1.54) is 36.9 Å². The number of pyridine rings is 1. The van der Waals surface area contributed by atoms with Gasteiger partial charge in [0.05, 0.1) is 10.6 Å². The van der Waals surface area contributed by atoms with Gasteiger partial charge in [0.15, 0.2) is 5.78 Å². The number of rotatable bonds is 2. The molecule has 7 rings (SSSR count). The van der Waals surface area contributed by atoms with Crippen molar-refractivity contribution in [2.75, 3.05) is 5.73 Å². The first-order valence-corrected chi connectivity index (χ1v) is 11.6. The highest BCUT2D eigenvalue weighted by atomic mass is 32.1. The lowest BCUT2D eigenvalue weighted by molar-refractivity contribution is -0.0350. The van der Waals surface area contributed by atoms with Gasteiger partial charge in [-0.15, -0.1) is 11.3 Å². The second-order valence-corrected chi connectivity index (χ2v) is 11.2. The van der Waals surface area contributed by atoms with E-state index in [0.29, 0.717) is 17.4 Å². The summed E-state index contributed by atoms with van der Waals surface area (Å²) < 4.78 is 0. The van der Waals surface area contributed by atoms with Gasteiger partial charge in [0.1, 0.15) is 4.83 Å². The maximum absolute atomic E-state index is 13.8. The Hall–Kier alpha value is -1.42. The predicted molar refractivity (Wildman–Crippen MR) is 110 cm³/mol. The Morgan fingerprint density at radius 2 is 1.85 bits per heavy atom. The van der Waals surface area contributed by atoms with Gasteiger partial charge in [-0.2, -0.15) is 0 Å². The van der Waals surface area contributed by atoms with Crippen molar-refractivity contribution < 1.29 is 4.79 Å². The van der Waals surface area contributed by atoms with Crippen molar-refractivity contribution in [3.63, 3.8) is 0 Å². The summed E-state index contributed by atoms with van der Waals surface area (Å²) in [6.07, 6.45) is 10.8. The zero-order chi connectivity index (χ0) is 18.3. The average Bonchev–Trinajstić information content (AvgIpc) is 2.94. The van der Waals surface area contributed by atoms with Crippen LogP contribution < -0.4 is 5.73 Å². The van der Waals surface area contributed by atoms with Crippen LogP contribution in [0, 0.1) is 29.1 Å². The molecule has 2 aromatic rings. The minimum atomic E-state index is -0.113. The standard InChI is InChI=1S/C23H28N2OS/c1-12-2-3-18-16(4-12)8-17-19(24)20(27-22(17)25-18)21(26)23-9-13-5-14(10-23)7-15(6-13)11-23/h8,12-15H,2-7,9-11,24H2,1H3. The maximum atomic E-state index is 13.8. The molecule has 1 unspecified atom stereocenters. The molecule has 4 fully saturated rings. The molecule has 142 valence electrons. The molecule has 2 N–H and O–H groups in total.